The van der Waals surface area contributed by atoms with E-state index in [-0.39, 0.29) is 11.3 Å². The Morgan fingerprint density at radius 3 is 1.83 bits per heavy atom. The van der Waals surface area contributed by atoms with Crippen molar-refractivity contribution in [1.29, 1.82) is 0 Å². The zero-order chi connectivity index (χ0) is 21.8. The van der Waals surface area contributed by atoms with Gasteiger partial charge in [0.1, 0.15) is 0 Å². The fourth-order valence-electron chi connectivity index (χ4n) is 3.43. The van der Waals surface area contributed by atoms with E-state index in [2.05, 4.69) is 9.98 Å². The highest BCUT2D eigenvalue weighted by molar-refractivity contribution is 6.30. The number of rotatable bonds is 2. The number of fused-ring (bicyclic) bond motifs is 1. The minimum atomic E-state index is -4.78. The molecule has 4 rings (SSSR count). The highest BCUT2D eigenvalue weighted by Gasteiger charge is 2.41. The number of amides is 1. The number of aromatic amines is 1. The minimum Gasteiger partial charge on any atom is -0.494 e. The molecule has 0 saturated heterocycles. The van der Waals surface area contributed by atoms with Crippen LogP contribution in [0.25, 0.3) is 11.3 Å². The monoisotopic (exact) mass is 424 g/mol. The Hall–Kier alpha value is -3.56. The van der Waals surface area contributed by atoms with Crippen LogP contribution in [0.4, 0.5) is 26.3 Å². The average molecular weight is 424 g/mol. The van der Waals surface area contributed by atoms with Crippen LogP contribution < -0.4 is 0 Å². The van der Waals surface area contributed by atoms with Crippen molar-refractivity contribution >= 4 is 11.6 Å². The van der Waals surface area contributed by atoms with Crippen molar-refractivity contribution < 1.29 is 36.2 Å². The van der Waals surface area contributed by atoms with Gasteiger partial charge in [0.05, 0.1) is 33.7 Å². The lowest BCUT2D eigenvalue weighted by Gasteiger charge is -2.12. The molecule has 0 atom stereocenters. The van der Waals surface area contributed by atoms with E-state index in [4.69, 9.17) is 0 Å². The maximum Gasteiger partial charge on any atom is 0.417 e. The molecule has 3 aromatic rings. The van der Waals surface area contributed by atoms with Crippen LogP contribution in [-0.2, 0) is 12.4 Å². The summed E-state index contributed by atoms with van der Waals surface area (Å²) in [6, 6.07) is 8.62. The van der Waals surface area contributed by atoms with Gasteiger partial charge in [-0.1, -0.05) is 36.4 Å². The molecule has 4 nitrogen and oxygen atoms in total. The number of halogens is 6. The Bertz CT molecular complexity index is 1200. The molecule has 2 aromatic carbocycles. The molecule has 10 heteroatoms. The van der Waals surface area contributed by atoms with Gasteiger partial charge in [0, 0.05) is 11.1 Å². The molecular weight excluding hydrogens is 414 g/mol. The molecule has 0 aliphatic carbocycles. The van der Waals surface area contributed by atoms with Crippen LogP contribution in [0.2, 0.25) is 0 Å². The van der Waals surface area contributed by atoms with Crippen LogP contribution in [0.3, 0.4) is 0 Å². The number of hydrogen-bond acceptors (Lipinski definition) is 2. The molecular formula is C20H10F6N2O2. The second-order valence-corrected chi connectivity index (χ2v) is 6.45. The first-order valence-electron chi connectivity index (χ1n) is 8.41. The number of benzene rings is 2. The fourth-order valence-corrected chi connectivity index (χ4v) is 3.43. The molecule has 1 aromatic heterocycles. The lowest BCUT2D eigenvalue weighted by Crippen LogP contribution is -2.13. The van der Waals surface area contributed by atoms with Crippen LogP contribution in [-0.4, -0.2) is 21.7 Å². The summed E-state index contributed by atoms with van der Waals surface area (Å²) >= 11 is 0. The van der Waals surface area contributed by atoms with Gasteiger partial charge in [0.15, 0.2) is 5.88 Å². The van der Waals surface area contributed by atoms with Crippen molar-refractivity contribution in [3.05, 3.63) is 76.3 Å². The van der Waals surface area contributed by atoms with E-state index in [0.29, 0.717) is 0 Å². The predicted molar refractivity (Wildman–Crippen MR) is 94.3 cm³/mol. The first-order chi connectivity index (χ1) is 14.0. The summed E-state index contributed by atoms with van der Waals surface area (Å²) in [7, 11) is 0. The third kappa shape index (κ3) is 3.04. The zero-order valence-corrected chi connectivity index (χ0v) is 14.7. The van der Waals surface area contributed by atoms with Gasteiger partial charge in [-0.15, -0.1) is 0 Å². The molecule has 2 heterocycles. The van der Waals surface area contributed by atoms with Gasteiger partial charge in [-0.05, 0) is 12.1 Å². The maximum atomic E-state index is 13.4. The van der Waals surface area contributed by atoms with Crippen molar-refractivity contribution in [2.45, 2.75) is 12.4 Å². The molecule has 1 aliphatic rings. The largest absolute Gasteiger partial charge is 0.494 e. The quantitative estimate of drug-likeness (QED) is 0.540. The highest BCUT2D eigenvalue weighted by atomic mass is 19.4. The summed E-state index contributed by atoms with van der Waals surface area (Å²) in [6.07, 6.45) is -9.54. The van der Waals surface area contributed by atoms with Gasteiger partial charge in [-0.2, -0.15) is 26.3 Å². The molecule has 30 heavy (non-hydrogen) atoms. The minimum absolute atomic E-state index is 0.372. The third-order valence-corrected chi connectivity index (χ3v) is 4.63. The lowest BCUT2D eigenvalue weighted by atomic mass is 9.95. The summed E-state index contributed by atoms with van der Waals surface area (Å²) < 4.78 is 80.4. The van der Waals surface area contributed by atoms with E-state index in [0.717, 1.165) is 36.4 Å². The van der Waals surface area contributed by atoms with Crippen LogP contribution >= 0.6 is 0 Å². The summed E-state index contributed by atoms with van der Waals surface area (Å²) in [6.45, 7) is 0. The zero-order valence-electron chi connectivity index (χ0n) is 14.7. The fraction of sp³-hybridized carbons (Fsp3) is 0.100. The van der Waals surface area contributed by atoms with Gasteiger partial charge in [-0.25, -0.2) is 4.99 Å². The smallest absolute Gasteiger partial charge is 0.417 e. The molecule has 0 unspecified atom stereocenters. The maximum absolute atomic E-state index is 13.4. The van der Waals surface area contributed by atoms with Crippen molar-refractivity contribution in [3.8, 4) is 17.1 Å². The van der Waals surface area contributed by atoms with Gasteiger partial charge < -0.3 is 10.1 Å². The number of carbonyl (C=O) groups excluding carboxylic acids is 1. The Kier molecular flexibility index (Phi) is 4.26. The number of nitrogens with one attached hydrogen (secondary N) is 1. The van der Waals surface area contributed by atoms with Crippen LogP contribution in [0.5, 0.6) is 5.88 Å². The number of H-pyrrole nitrogens is 1. The van der Waals surface area contributed by atoms with E-state index >= 15 is 0 Å². The molecule has 0 saturated carbocycles. The number of carbonyl (C=O) groups is 1. The van der Waals surface area contributed by atoms with E-state index in [1.54, 1.807) is 0 Å². The molecule has 0 fully saturated rings. The number of hydrogen-bond donors (Lipinski definition) is 2. The van der Waals surface area contributed by atoms with E-state index in [9.17, 15) is 36.2 Å². The van der Waals surface area contributed by atoms with Gasteiger partial charge in [0.2, 0.25) is 0 Å². The molecule has 0 radical (unpaired) electrons. The van der Waals surface area contributed by atoms with E-state index < -0.39 is 57.7 Å². The molecule has 1 amide bonds. The number of aliphatic imine (C=N–C) groups is 1. The summed E-state index contributed by atoms with van der Waals surface area (Å²) in [5.41, 5.74) is -4.71. The van der Waals surface area contributed by atoms with Crippen LogP contribution in [0, 0.1) is 0 Å². The van der Waals surface area contributed by atoms with E-state index in [1.807, 2.05) is 0 Å². The first kappa shape index (κ1) is 19.7. The third-order valence-electron chi connectivity index (χ3n) is 4.63. The second-order valence-electron chi connectivity index (χ2n) is 6.45. The number of aromatic hydroxyl groups is 1. The second kappa shape index (κ2) is 6.48. The Morgan fingerprint density at radius 1 is 0.767 bits per heavy atom. The van der Waals surface area contributed by atoms with E-state index in [1.165, 1.54) is 12.1 Å². The van der Waals surface area contributed by atoms with Crippen LogP contribution in [0.15, 0.2) is 53.5 Å². The summed E-state index contributed by atoms with van der Waals surface area (Å²) in [4.78, 5) is 18.4. The lowest BCUT2D eigenvalue weighted by molar-refractivity contribution is -0.138. The predicted octanol–water partition coefficient (Wildman–Crippen LogP) is 5.42. The molecule has 0 bridgehead atoms. The van der Waals surface area contributed by atoms with Crippen molar-refractivity contribution in [2.75, 3.05) is 0 Å². The number of aromatic nitrogens is 1. The number of alkyl halides is 6. The summed E-state index contributed by atoms with van der Waals surface area (Å²) in [5.74, 6) is -1.81. The van der Waals surface area contributed by atoms with Crippen molar-refractivity contribution in [1.82, 2.24) is 4.98 Å². The standard InChI is InChI=1S/C20H10F6N2O2/c21-19(22,23)11-7-3-1-5-9(11)15-13-14(18(30)27-15)16(28-17(13)29)10-6-2-4-8-12(10)20(24,25)26/h1-8,27,30H. The highest BCUT2D eigenvalue weighted by Crippen LogP contribution is 2.44. The topological polar surface area (TPSA) is 65.4 Å². The van der Waals surface area contributed by atoms with Gasteiger partial charge in [0.25, 0.3) is 5.91 Å². The van der Waals surface area contributed by atoms with Crippen molar-refractivity contribution in [2.24, 2.45) is 4.99 Å². The molecule has 0 spiro atoms. The Morgan fingerprint density at radius 2 is 1.27 bits per heavy atom. The Balaban J connectivity index is 1.95. The number of nitrogens with zero attached hydrogens (tertiary/aromatic N) is 1. The molecule has 2 N–H and O–H groups in total. The normalized spacial score (nSPS) is 14.1. The molecule has 154 valence electrons. The van der Waals surface area contributed by atoms with Gasteiger partial charge >= 0.3 is 12.4 Å². The average Bonchev–Trinajstić information content (AvgIpc) is 3.19. The summed E-state index contributed by atoms with van der Waals surface area (Å²) in [5, 5.41) is 10.3. The Labute approximate surface area is 164 Å². The SMILES string of the molecule is O=C1N=C(c2ccccc2C(F)(F)F)c2c(O)[nH]c(-c3ccccc3C(F)(F)F)c21. The first-order valence-corrected chi connectivity index (χ1v) is 8.41. The van der Waals surface area contributed by atoms with Crippen LogP contribution in [0.1, 0.15) is 32.6 Å². The molecule has 1 aliphatic heterocycles. The van der Waals surface area contributed by atoms with Gasteiger partial charge in [-0.3, -0.25) is 4.79 Å². The van der Waals surface area contributed by atoms with Crippen molar-refractivity contribution in [3.63, 3.8) is 0 Å².